The Balaban J connectivity index is 1.73. The van der Waals surface area contributed by atoms with Gasteiger partial charge in [-0.2, -0.15) is 0 Å². The van der Waals surface area contributed by atoms with Gasteiger partial charge in [-0.25, -0.2) is 4.39 Å². The number of carbonyl (C=O) groups excluding carboxylic acids is 1. The van der Waals surface area contributed by atoms with Gasteiger partial charge in [-0.15, -0.1) is 0 Å². The van der Waals surface area contributed by atoms with E-state index in [0.717, 1.165) is 5.56 Å². The SMILES string of the molecule is CC(C(=O)NCc1ccc(F)cc1)N(C)CCOc1cccc(Cl)c1. The predicted molar refractivity (Wildman–Crippen MR) is 97.3 cm³/mol. The summed E-state index contributed by atoms with van der Waals surface area (Å²) in [4.78, 5) is 14.1. The number of ether oxygens (including phenoxy) is 1. The molecule has 1 atom stereocenters. The number of nitrogens with zero attached hydrogens (tertiary/aromatic N) is 1. The number of carbonyl (C=O) groups is 1. The van der Waals surface area contributed by atoms with E-state index in [1.807, 2.05) is 31.0 Å². The van der Waals surface area contributed by atoms with E-state index in [1.165, 1.54) is 12.1 Å². The molecule has 0 saturated heterocycles. The van der Waals surface area contributed by atoms with E-state index < -0.39 is 0 Å². The Morgan fingerprint density at radius 1 is 1.28 bits per heavy atom. The summed E-state index contributed by atoms with van der Waals surface area (Å²) in [6.07, 6.45) is 0. The van der Waals surface area contributed by atoms with Gasteiger partial charge in [0.2, 0.25) is 5.91 Å². The number of nitrogens with one attached hydrogen (secondary N) is 1. The molecule has 1 amide bonds. The molecule has 0 saturated carbocycles. The Morgan fingerprint density at radius 3 is 2.68 bits per heavy atom. The van der Waals surface area contributed by atoms with Crippen LogP contribution in [0.15, 0.2) is 48.5 Å². The molecular formula is C19H22ClFN2O2. The molecule has 1 unspecified atom stereocenters. The van der Waals surface area contributed by atoms with E-state index >= 15 is 0 Å². The lowest BCUT2D eigenvalue weighted by Gasteiger charge is -2.23. The summed E-state index contributed by atoms with van der Waals surface area (Å²) < 4.78 is 18.5. The Labute approximate surface area is 152 Å². The van der Waals surface area contributed by atoms with Crippen LogP contribution in [0.1, 0.15) is 12.5 Å². The highest BCUT2D eigenvalue weighted by atomic mass is 35.5. The first-order valence-corrected chi connectivity index (χ1v) is 8.44. The van der Waals surface area contributed by atoms with Crippen LogP contribution in [-0.4, -0.2) is 37.0 Å². The summed E-state index contributed by atoms with van der Waals surface area (Å²) in [6, 6.07) is 13.0. The largest absolute Gasteiger partial charge is 0.492 e. The normalized spacial score (nSPS) is 12.0. The third-order valence-corrected chi connectivity index (χ3v) is 4.16. The fourth-order valence-electron chi connectivity index (χ4n) is 2.20. The van der Waals surface area contributed by atoms with Crippen molar-refractivity contribution in [2.75, 3.05) is 20.2 Å². The molecule has 0 spiro atoms. The number of halogens is 2. The van der Waals surface area contributed by atoms with E-state index in [-0.39, 0.29) is 17.8 Å². The van der Waals surface area contributed by atoms with Crippen LogP contribution in [0.4, 0.5) is 4.39 Å². The van der Waals surface area contributed by atoms with E-state index in [1.54, 1.807) is 24.3 Å². The van der Waals surface area contributed by atoms with Crippen LogP contribution in [0.5, 0.6) is 5.75 Å². The highest BCUT2D eigenvalue weighted by Gasteiger charge is 2.17. The maximum atomic E-state index is 12.9. The molecule has 6 heteroatoms. The van der Waals surface area contributed by atoms with Crippen molar-refractivity contribution in [1.29, 1.82) is 0 Å². The zero-order chi connectivity index (χ0) is 18.2. The highest BCUT2D eigenvalue weighted by Crippen LogP contribution is 2.17. The number of likely N-dealkylation sites (N-methyl/N-ethyl adjacent to an activating group) is 1. The summed E-state index contributed by atoms with van der Waals surface area (Å²) in [6.45, 7) is 3.25. The Morgan fingerprint density at radius 2 is 2.00 bits per heavy atom. The molecule has 0 aromatic heterocycles. The van der Waals surface area contributed by atoms with E-state index in [9.17, 15) is 9.18 Å². The lowest BCUT2D eigenvalue weighted by molar-refractivity contribution is -0.125. The van der Waals surface area contributed by atoms with Crippen LogP contribution >= 0.6 is 11.6 Å². The molecule has 134 valence electrons. The first-order chi connectivity index (χ1) is 12.0. The molecule has 0 aliphatic rings. The van der Waals surface area contributed by atoms with Crippen molar-refractivity contribution in [1.82, 2.24) is 10.2 Å². The molecule has 0 aliphatic carbocycles. The van der Waals surface area contributed by atoms with Gasteiger partial charge in [-0.05, 0) is 49.9 Å². The molecule has 0 fully saturated rings. The minimum atomic E-state index is -0.302. The molecule has 2 rings (SSSR count). The third kappa shape index (κ3) is 6.36. The summed E-state index contributed by atoms with van der Waals surface area (Å²) >= 11 is 5.91. The Hall–Kier alpha value is -2.11. The predicted octanol–water partition coefficient (Wildman–Crippen LogP) is 3.49. The van der Waals surface area contributed by atoms with Crippen molar-refractivity contribution in [2.45, 2.75) is 19.5 Å². The molecule has 2 aromatic carbocycles. The second-order valence-electron chi connectivity index (χ2n) is 5.81. The van der Waals surface area contributed by atoms with Gasteiger partial charge in [0.15, 0.2) is 0 Å². The summed E-state index contributed by atoms with van der Waals surface area (Å²) in [7, 11) is 1.86. The van der Waals surface area contributed by atoms with Crippen LogP contribution in [0.2, 0.25) is 5.02 Å². The smallest absolute Gasteiger partial charge is 0.237 e. The van der Waals surface area contributed by atoms with Crippen LogP contribution in [0.25, 0.3) is 0 Å². The zero-order valence-corrected chi connectivity index (χ0v) is 15.1. The van der Waals surface area contributed by atoms with Gasteiger partial charge in [0.05, 0.1) is 6.04 Å². The van der Waals surface area contributed by atoms with Crippen LogP contribution in [-0.2, 0) is 11.3 Å². The van der Waals surface area contributed by atoms with Gasteiger partial charge in [0.1, 0.15) is 18.2 Å². The first-order valence-electron chi connectivity index (χ1n) is 8.06. The molecule has 0 heterocycles. The average Bonchev–Trinajstić information content (AvgIpc) is 2.60. The number of hydrogen-bond donors (Lipinski definition) is 1. The maximum absolute atomic E-state index is 12.9. The highest BCUT2D eigenvalue weighted by molar-refractivity contribution is 6.30. The quantitative estimate of drug-likeness (QED) is 0.779. The molecule has 1 N–H and O–H groups in total. The minimum absolute atomic E-state index is 0.0884. The van der Waals surface area contributed by atoms with E-state index in [0.29, 0.717) is 30.5 Å². The summed E-state index contributed by atoms with van der Waals surface area (Å²) in [5, 5.41) is 3.48. The lowest BCUT2D eigenvalue weighted by Crippen LogP contribution is -2.44. The first kappa shape index (κ1) is 19.2. The standard InChI is InChI=1S/C19H22ClFN2O2/c1-14(19(24)22-13-15-6-8-17(21)9-7-15)23(2)10-11-25-18-5-3-4-16(20)12-18/h3-9,12,14H,10-11,13H2,1-2H3,(H,22,24). The second kappa shape index (κ2) is 9.39. The van der Waals surface area contributed by atoms with Gasteiger partial charge < -0.3 is 10.1 Å². The van der Waals surface area contributed by atoms with E-state index in [2.05, 4.69) is 5.32 Å². The average molecular weight is 365 g/mol. The van der Waals surface area contributed by atoms with Crippen molar-refractivity contribution in [2.24, 2.45) is 0 Å². The Bertz CT molecular complexity index is 694. The Kier molecular flexibility index (Phi) is 7.22. The monoisotopic (exact) mass is 364 g/mol. The molecule has 0 bridgehead atoms. The number of benzene rings is 2. The van der Waals surface area contributed by atoms with Crippen molar-refractivity contribution in [3.05, 3.63) is 64.9 Å². The van der Waals surface area contributed by atoms with Crippen molar-refractivity contribution < 1.29 is 13.9 Å². The summed E-state index contributed by atoms with van der Waals surface area (Å²) in [5.74, 6) is 0.326. The maximum Gasteiger partial charge on any atom is 0.237 e. The van der Waals surface area contributed by atoms with Gasteiger partial charge in [-0.3, -0.25) is 9.69 Å². The fourth-order valence-corrected chi connectivity index (χ4v) is 2.38. The molecule has 0 aliphatic heterocycles. The third-order valence-electron chi connectivity index (χ3n) is 3.93. The van der Waals surface area contributed by atoms with Gasteiger partial charge >= 0.3 is 0 Å². The van der Waals surface area contributed by atoms with Crippen molar-refractivity contribution >= 4 is 17.5 Å². The molecular weight excluding hydrogens is 343 g/mol. The van der Waals surface area contributed by atoms with Crippen molar-refractivity contribution in [3.63, 3.8) is 0 Å². The van der Waals surface area contributed by atoms with E-state index in [4.69, 9.17) is 16.3 Å². The number of amides is 1. The molecule has 0 radical (unpaired) electrons. The topological polar surface area (TPSA) is 41.6 Å². The number of rotatable bonds is 8. The van der Waals surface area contributed by atoms with Gasteiger partial charge in [0, 0.05) is 18.1 Å². The molecule has 2 aromatic rings. The van der Waals surface area contributed by atoms with Gasteiger partial charge in [-0.1, -0.05) is 29.8 Å². The van der Waals surface area contributed by atoms with Gasteiger partial charge in [0.25, 0.3) is 0 Å². The van der Waals surface area contributed by atoms with Crippen LogP contribution in [0.3, 0.4) is 0 Å². The molecule has 25 heavy (non-hydrogen) atoms. The second-order valence-corrected chi connectivity index (χ2v) is 6.24. The van der Waals surface area contributed by atoms with Crippen molar-refractivity contribution in [3.8, 4) is 5.75 Å². The summed E-state index contributed by atoms with van der Waals surface area (Å²) in [5.41, 5.74) is 0.855. The zero-order valence-electron chi connectivity index (χ0n) is 14.3. The number of hydrogen-bond acceptors (Lipinski definition) is 3. The molecule has 4 nitrogen and oxygen atoms in total. The van der Waals surface area contributed by atoms with Crippen LogP contribution < -0.4 is 10.1 Å². The minimum Gasteiger partial charge on any atom is -0.492 e. The lowest BCUT2D eigenvalue weighted by atomic mass is 10.2. The fraction of sp³-hybridized carbons (Fsp3) is 0.316. The van der Waals surface area contributed by atoms with Crippen LogP contribution in [0, 0.1) is 5.82 Å².